The second-order valence-electron chi connectivity index (χ2n) is 5.23. The molecule has 4 nitrogen and oxygen atoms in total. The van der Waals surface area contributed by atoms with Crippen LogP contribution < -0.4 is 4.90 Å². The molecule has 1 saturated heterocycles. The summed E-state index contributed by atoms with van der Waals surface area (Å²) in [7, 11) is 3.87. The van der Waals surface area contributed by atoms with Crippen molar-refractivity contribution < 1.29 is 17.9 Å². The van der Waals surface area contributed by atoms with E-state index in [2.05, 4.69) is 4.98 Å². The van der Waals surface area contributed by atoms with E-state index in [9.17, 15) is 13.2 Å². The van der Waals surface area contributed by atoms with Gasteiger partial charge in [-0.15, -0.1) is 0 Å². The highest BCUT2D eigenvalue weighted by atomic mass is 35.5. The summed E-state index contributed by atoms with van der Waals surface area (Å²) >= 11 is 5.97. The van der Waals surface area contributed by atoms with Gasteiger partial charge < -0.3 is 14.5 Å². The molecule has 0 spiro atoms. The van der Waals surface area contributed by atoms with E-state index in [-0.39, 0.29) is 11.1 Å². The lowest BCUT2D eigenvalue weighted by atomic mass is 10.2. The summed E-state index contributed by atoms with van der Waals surface area (Å²) < 4.78 is 43.5. The predicted octanol–water partition coefficient (Wildman–Crippen LogP) is 2.52. The lowest BCUT2D eigenvalue weighted by molar-refractivity contribution is -0.137. The number of pyridine rings is 1. The summed E-state index contributed by atoms with van der Waals surface area (Å²) in [4.78, 5) is 7.74. The molecule has 0 amide bonds. The van der Waals surface area contributed by atoms with Crippen LogP contribution in [0.2, 0.25) is 5.02 Å². The van der Waals surface area contributed by atoms with Crippen molar-refractivity contribution in [2.75, 3.05) is 45.2 Å². The number of hydrogen-bond donors (Lipinski definition) is 0. The summed E-state index contributed by atoms with van der Waals surface area (Å²) in [6, 6.07) is 0.917. The van der Waals surface area contributed by atoms with Crippen molar-refractivity contribution in [3.63, 3.8) is 0 Å². The van der Waals surface area contributed by atoms with Gasteiger partial charge in [-0.05, 0) is 20.2 Å². The van der Waals surface area contributed by atoms with E-state index in [1.54, 1.807) is 0 Å². The van der Waals surface area contributed by atoms with Crippen molar-refractivity contribution in [2.24, 2.45) is 0 Å². The van der Waals surface area contributed by atoms with Gasteiger partial charge >= 0.3 is 6.18 Å². The minimum Gasteiger partial charge on any atom is -0.373 e. The van der Waals surface area contributed by atoms with Gasteiger partial charge in [0.25, 0.3) is 0 Å². The number of nitrogens with zero attached hydrogens (tertiary/aromatic N) is 3. The van der Waals surface area contributed by atoms with Gasteiger partial charge in [-0.2, -0.15) is 13.2 Å². The molecule has 1 aliphatic heterocycles. The highest BCUT2D eigenvalue weighted by Gasteiger charge is 2.32. The number of aromatic nitrogens is 1. The monoisotopic (exact) mass is 323 g/mol. The van der Waals surface area contributed by atoms with Crippen LogP contribution in [-0.4, -0.2) is 56.3 Å². The number of hydrogen-bond acceptors (Lipinski definition) is 4. The molecule has 8 heteroatoms. The molecular formula is C13H17ClF3N3O. The van der Waals surface area contributed by atoms with Crippen LogP contribution in [0.25, 0.3) is 0 Å². The third-order valence-electron chi connectivity index (χ3n) is 3.16. The van der Waals surface area contributed by atoms with Gasteiger partial charge in [0.15, 0.2) is 0 Å². The van der Waals surface area contributed by atoms with E-state index in [0.717, 1.165) is 18.8 Å². The van der Waals surface area contributed by atoms with Crippen molar-refractivity contribution in [3.8, 4) is 0 Å². The zero-order valence-electron chi connectivity index (χ0n) is 11.8. The first-order valence-electron chi connectivity index (χ1n) is 6.51. The van der Waals surface area contributed by atoms with E-state index in [4.69, 9.17) is 16.3 Å². The molecule has 0 radical (unpaired) electrons. The van der Waals surface area contributed by atoms with Crippen molar-refractivity contribution in [3.05, 3.63) is 22.8 Å². The first kappa shape index (κ1) is 16.3. The highest BCUT2D eigenvalue weighted by Crippen LogP contribution is 2.33. The Hall–Kier alpha value is -1.05. The molecule has 1 aliphatic rings. The minimum absolute atomic E-state index is 0.00956. The molecule has 0 aromatic carbocycles. The van der Waals surface area contributed by atoms with Gasteiger partial charge in [-0.25, -0.2) is 4.98 Å². The molecule has 2 heterocycles. The number of anilines is 1. The third-order valence-corrected chi connectivity index (χ3v) is 3.43. The van der Waals surface area contributed by atoms with E-state index in [1.165, 1.54) is 0 Å². The van der Waals surface area contributed by atoms with Crippen LogP contribution in [0.15, 0.2) is 12.3 Å². The average Bonchev–Trinajstić information content (AvgIpc) is 2.37. The highest BCUT2D eigenvalue weighted by molar-refractivity contribution is 6.33. The normalized spacial score (nSPS) is 20.1. The van der Waals surface area contributed by atoms with Crippen LogP contribution in [0, 0.1) is 0 Å². The summed E-state index contributed by atoms with van der Waals surface area (Å²) in [5, 5.41) is 0.00956. The molecule has 21 heavy (non-hydrogen) atoms. The largest absolute Gasteiger partial charge is 0.417 e. The summed E-state index contributed by atoms with van der Waals surface area (Å²) in [6.07, 6.45) is -3.64. The molecule has 0 unspecified atom stereocenters. The number of alkyl halides is 3. The fourth-order valence-electron chi connectivity index (χ4n) is 2.25. The smallest absolute Gasteiger partial charge is 0.373 e. The molecule has 2 rings (SSSR count). The van der Waals surface area contributed by atoms with Crippen molar-refractivity contribution >= 4 is 17.4 Å². The molecule has 1 fully saturated rings. The number of halogens is 4. The minimum atomic E-state index is -4.44. The molecule has 1 aromatic rings. The van der Waals surface area contributed by atoms with Gasteiger partial charge in [0.2, 0.25) is 0 Å². The Morgan fingerprint density at radius 2 is 2.19 bits per heavy atom. The SMILES string of the molecule is CN(C)C[C@@H]1CN(c2ncc(C(F)(F)F)cc2Cl)CCO1. The molecule has 1 aromatic heterocycles. The van der Waals surface area contributed by atoms with Crippen LogP contribution >= 0.6 is 11.6 Å². The number of rotatable bonds is 3. The molecular weight excluding hydrogens is 307 g/mol. The van der Waals surface area contributed by atoms with Gasteiger partial charge in [0.05, 0.1) is 23.3 Å². The zero-order chi connectivity index (χ0) is 15.6. The zero-order valence-corrected chi connectivity index (χ0v) is 12.6. The van der Waals surface area contributed by atoms with Crippen molar-refractivity contribution in [1.29, 1.82) is 0 Å². The first-order valence-corrected chi connectivity index (χ1v) is 6.89. The van der Waals surface area contributed by atoms with Crippen LogP contribution in [0.5, 0.6) is 0 Å². The Morgan fingerprint density at radius 1 is 1.48 bits per heavy atom. The van der Waals surface area contributed by atoms with E-state index in [0.29, 0.717) is 25.5 Å². The van der Waals surface area contributed by atoms with Crippen LogP contribution in [0.1, 0.15) is 5.56 Å². The van der Waals surface area contributed by atoms with Crippen LogP contribution in [0.4, 0.5) is 19.0 Å². The lowest BCUT2D eigenvalue weighted by Crippen LogP contribution is -2.46. The number of morpholine rings is 1. The maximum Gasteiger partial charge on any atom is 0.417 e. The molecule has 0 aliphatic carbocycles. The van der Waals surface area contributed by atoms with E-state index >= 15 is 0 Å². The molecule has 0 saturated carbocycles. The Kier molecular flexibility index (Phi) is 4.95. The number of ether oxygens (including phenoxy) is 1. The second-order valence-corrected chi connectivity index (χ2v) is 5.64. The number of likely N-dealkylation sites (N-methyl/N-ethyl adjacent to an activating group) is 1. The topological polar surface area (TPSA) is 28.6 Å². The fraction of sp³-hybridized carbons (Fsp3) is 0.615. The van der Waals surface area contributed by atoms with Gasteiger partial charge in [0.1, 0.15) is 5.82 Å². The van der Waals surface area contributed by atoms with Crippen molar-refractivity contribution in [2.45, 2.75) is 12.3 Å². The summed E-state index contributed by atoms with van der Waals surface area (Å²) in [5.41, 5.74) is -0.839. The third kappa shape index (κ3) is 4.21. The maximum atomic E-state index is 12.6. The summed E-state index contributed by atoms with van der Waals surface area (Å²) in [5.74, 6) is 0.372. The molecule has 1 atom stereocenters. The van der Waals surface area contributed by atoms with Crippen molar-refractivity contribution in [1.82, 2.24) is 9.88 Å². The van der Waals surface area contributed by atoms with E-state index < -0.39 is 11.7 Å². The average molecular weight is 324 g/mol. The van der Waals surface area contributed by atoms with Gasteiger partial charge in [-0.1, -0.05) is 11.6 Å². The van der Waals surface area contributed by atoms with E-state index in [1.807, 2.05) is 23.9 Å². The Morgan fingerprint density at radius 3 is 2.76 bits per heavy atom. The lowest BCUT2D eigenvalue weighted by Gasteiger charge is -2.35. The summed E-state index contributed by atoms with van der Waals surface area (Å²) in [6.45, 7) is 2.34. The molecule has 118 valence electrons. The van der Waals surface area contributed by atoms with Gasteiger partial charge in [-0.3, -0.25) is 0 Å². The molecule has 0 bridgehead atoms. The maximum absolute atomic E-state index is 12.6. The molecule has 0 N–H and O–H groups in total. The Labute approximate surface area is 126 Å². The Bertz CT molecular complexity index is 496. The van der Waals surface area contributed by atoms with Gasteiger partial charge in [0, 0.05) is 25.8 Å². The quantitative estimate of drug-likeness (QED) is 0.854. The second kappa shape index (κ2) is 6.37. The predicted molar refractivity (Wildman–Crippen MR) is 74.8 cm³/mol. The first-order chi connectivity index (χ1) is 9.77. The fourth-order valence-corrected chi connectivity index (χ4v) is 2.53. The standard InChI is InChI=1S/C13H17ClF3N3O/c1-19(2)7-10-8-20(3-4-21-10)12-11(14)5-9(6-18-12)13(15,16)17/h5-6,10H,3-4,7-8H2,1-2H3/t10-/m1/s1. The van der Waals surface area contributed by atoms with Crippen LogP contribution in [-0.2, 0) is 10.9 Å². The Balaban J connectivity index is 2.14. The van der Waals surface area contributed by atoms with Crippen LogP contribution in [0.3, 0.4) is 0 Å².